The smallest absolute Gasteiger partial charge is 0.469 e. The molecule has 0 aliphatic carbocycles. The molecule has 1 atom stereocenters. The Balaban J connectivity index is 3.03. The molecule has 1 aromatic rings. The second-order valence-corrected chi connectivity index (χ2v) is 5.45. The van der Waals surface area contributed by atoms with E-state index in [9.17, 15) is 14.5 Å². The van der Waals surface area contributed by atoms with Gasteiger partial charge in [0.1, 0.15) is 5.75 Å². The molecule has 0 radical (unpaired) electrons. The minimum absolute atomic E-state index is 0.0671. The molecule has 22 heavy (non-hydrogen) atoms. The Morgan fingerprint density at radius 1 is 1.55 bits per heavy atom. The van der Waals surface area contributed by atoms with Crippen LogP contribution in [0.1, 0.15) is 16.8 Å². The summed E-state index contributed by atoms with van der Waals surface area (Å²) in [6, 6.07) is -1.59. The summed E-state index contributed by atoms with van der Waals surface area (Å²) >= 11 is 0. The zero-order valence-electron chi connectivity index (χ0n) is 11.4. The predicted octanol–water partition coefficient (Wildman–Crippen LogP) is -0.431. The van der Waals surface area contributed by atoms with Crippen molar-refractivity contribution in [1.82, 2.24) is 4.98 Å². The van der Waals surface area contributed by atoms with Crippen molar-refractivity contribution < 1.29 is 39.0 Å². The van der Waals surface area contributed by atoms with Crippen molar-refractivity contribution in [2.24, 2.45) is 4.99 Å². The number of aromatic nitrogens is 1. The first-order valence-corrected chi connectivity index (χ1v) is 7.43. The predicted molar refractivity (Wildman–Crippen MR) is 73.6 cm³/mol. The van der Waals surface area contributed by atoms with E-state index in [4.69, 9.17) is 20.0 Å². The van der Waals surface area contributed by atoms with Gasteiger partial charge in [-0.05, 0) is 6.92 Å². The first-order chi connectivity index (χ1) is 10.2. The zero-order chi connectivity index (χ0) is 16.9. The standard InChI is InChI=1S/C11H15N2O8P/c1-6-10(15)8(7(4-14)2-12-6)3-13-9(11(16)17)5-21-22(18,19)20/h2-3,9,14-15H,4-5H2,1H3,(H,16,17)(H2,18,19,20)/t9-/m0/s1. The van der Waals surface area contributed by atoms with Gasteiger partial charge in [0.25, 0.3) is 0 Å². The first-order valence-electron chi connectivity index (χ1n) is 5.90. The molecule has 0 fully saturated rings. The molecule has 1 aromatic heterocycles. The number of aryl methyl sites for hydroxylation is 1. The van der Waals surface area contributed by atoms with Gasteiger partial charge in [-0.3, -0.25) is 14.5 Å². The Morgan fingerprint density at radius 2 is 2.18 bits per heavy atom. The van der Waals surface area contributed by atoms with Gasteiger partial charge in [0.15, 0.2) is 6.04 Å². The summed E-state index contributed by atoms with van der Waals surface area (Å²) < 4.78 is 14.7. The van der Waals surface area contributed by atoms with Crippen molar-refractivity contribution in [1.29, 1.82) is 0 Å². The lowest BCUT2D eigenvalue weighted by atomic mass is 10.1. The van der Waals surface area contributed by atoms with Crippen molar-refractivity contribution in [3.8, 4) is 5.75 Å². The summed E-state index contributed by atoms with van der Waals surface area (Å²) in [5.41, 5.74) is 0.529. The lowest BCUT2D eigenvalue weighted by Crippen LogP contribution is -2.23. The number of carbonyl (C=O) groups is 1. The average molecular weight is 334 g/mol. The van der Waals surface area contributed by atoms with Crippen LogP contribution < -0.4 is 0 Å². The van der Waals surface area contributed by atoms with Crippen LogP contribution in [0.5, 0.6) is 5.75 Å². The van der Waals surface area contributed by atoms with Crippen molar-refractivity contribution in [2.75, 3.05) is 6.61 Å². The van der Waals surface area contributed by atoms with Gasteiger partial charge in [-0.25, -0.2) is 9.36 Å². The van der Waals surface area contributed by atoms with Crippen molar-refractivity contribution in [2.45, 2.75) is 19.6 Å². The van der Waals surface area contributed by atoms with Gasteiger partial charge in [-0.15, -0.1) is 0 Å². The quantitative estimate of drug-likeness (QED) is 0.328. The van der Waals surface area contributed by atoms with Gasteiger partial charge >= 0.3 is 13.8 Å². The number of pyridine rings is 1. The molecule has 11 heteroatoms. The molecule has 0 amide bonds. The highest BCUT2D eigenvalue weighted by Gasteiger charge is 2.22. The van der Waals surface area contributed by atoms with E-state index < -0.39 is 33.0 Å². The van der Waals surface area contributed by atoms with Crippen LogP contribution in [0.25, 0.3) is 0 Å². The molecule has 122 valence electrons. The second kappa shape index (κ2) is 7.43. The lowest BCUT2D eigenvalue weighted by Gasteiger charge is -2.10. The molecular formula is C11H15N2O8P. The highest BCUT2D eigenvalue weighted by molar-refractivity contribution is 7.46. The maximum Gasteiger partial charge on any atom is 0.469 e. The Hall–Kier alpha value is -1.84. The number of aliphatic carboxylic acids is 1. The minimum atomic E-state index is -4.82. The van der Waals surface area contributed by atoms with Crippen LogP contribution in [0.4, 0.5) is 0 Å². The third-order valence-corrected chi connectivity index (χ3v) is 3.08. The summed E-state index contributed by atoms with van der Waals surface area (Å²) in [4.78, 5) is 35.5. The number of hydrogen-bond acceptors (Lipinski definition) is 7. The molecule has 5 N–H and O–H groups in total. The van der Waals surface area contributed by atoms with Gasteiger partial charge in [0, 0.05) is 23.5 Å². The van der Waals surface area contributed by atoms with Crippen LogP contribution >= 0.6 is 7.82 Å². The number of aromatic hydroxyl groups is 1. The number of phosphoric ester groups is 1. The highest BCUT2D eigenvalue weighted by Crippen LogP contribution is 2.35. The van der Waals surface area contributed by atoms with Crippen molar-refractivity contribution in [3.05, 3.63) is 23.0 Å². The molecule has 0 aliphatic heterocycles. The lowest BCUT2D eigenvalue weighted by molar-refractivity contribution is -0.139. The fraction of sp³-hybridized carbons (Fsp3) is 0.364. The van der Waals surface area contributed by atoms with E-state index >= 15 is 0 Å². The monoisotopic (exact) mass is 334 g/mol. The summed E-state index contributed by atoms with van der Waals surface area (Å²) in [6.45, 7) is 0.188. The SMILES string of the molecule is Cc1ncc(CO)c(C=N[C@@H](COP(=O)(O)O)C(=O)O)c1O. The van der Waals surface area contributed by atoms with Gasteiger partial charge in [0.2, 0.25) is 0 Å². The molecule has 0 unspecified atom stereocenters. The number of hydrogen-bond donors (Lipinski definition) is 5. The van der Waals surface area contributed by atoms with Crippen LogP contribution in [0.3, 0.4) is 0 Å². The van der Waals surface area contributed by atoms with Gasteiger partial charge in [-0.1, -0.05) is 0 Å². The number of phosphoric acid groups is 1. The van der Waals surface area contributed by atoms with E-state index in [0.29, 0.717) is 0 Å². The number of carboxylic acids is 1. The van der Waals surface area contributed by atoms with Crippen molar-refractivity contribution in [3.63, 3.8) is 0 Å². The Labute approximate surface area is 125 Å². The normalized spacial score (nSPS) is 13.5. The fourth-order valence-corrected chi connectivity index (χ4v) is 1.77. The van der Waals surface area contributed by atoms with E-state index in [1.807, 2.05) is 0 Å². The topological polar surface area (TPSA) is 170 Å². The molecule has 0 bridgehead atoms. The first kappa shape index (κ1) is 18.2. The molecule has 1 rings (SSSR count). The number of aliphatic imine (C=N–C) groups is 1. The van der Waals surface area contributed by atoms with Crippen molar-refractivity contribution >= 4 is 20.0 Å². The Bertz CT molecular complexity index is 627. The molecule has 0 aliphatic rings. The summed E-state index contributed by atoms with van der Waals surface area (Å²) in [5, 5.41) is 27.9. The van der Waals surface area contributed by atoms with Crippen LogP contribution in [-0.2, 0) is 20.5 Å². The molecule has 0 aromatic carbocycles. The second-order valence-electron chi connectivity index (χ2n) is 4.21. The van der Waals surface area contributed by atoms with Gasteiger partial charge in [-0.2, -0.15) is 0 Å². The average Bonchev–Trinajstić information content (AvgIpc) is 2.41. The number of aliphatic hydroxyl groups is 1. The van der Waals surface area contributed by atoms with Crippen LogP contribution in [-0.4, -0.2) is 54.9 Å². The third-order valence-electron chi connectivity index (χ3n) is 2.60. The summed E-state index contributed by atoms with van der Waals surface area (Å²) in [6.07, 6.45) is 2.27. The molecule has 0 saturated carbocycles. The third kappa shape index (κ3) is 5.17. The van der Waals surface area contributed by atoms with E-state index in [0.717, 1.165) is 6.21 Å². The number of aliphatic hydroxyl groups excluding tert-OH is 1. The van der Waals surface area contributed by atoms with Crippen LogP contribution in [0.2, 0.25) is 0 Å². The molecule has 10 nitrogen and oxygen atoms in total. The highest BCUT2D eigenvalue weighted by atomic mass is 31.2. The van der Waals surface area contributed by atoms with Gasteiger partial charge in [0.05, 0.1) is 18.9 Å². The van der Waals surface area contributed by atoms with Crippen LogP contribution in [0, 0.1) is 6.92 Å². The minimum Gasteiger partial charge on any atom is -0.505 e. The van der Waals surface area contributed by atoms with E-state index in [1.54, 1.807) is 0 Å². The number of carboxylic acid groups (broad SMARTS) is 1. The zero-order valence-corrected chi connectivity index (χ0v) is 12.3. The number of rotatable bonds is 7. The Morgan fingerprint density at radius 3 is 2.68 bits per heavy atom. The summed E-state index contributed by atoms with van der Waals surface area (Å²) in [7, 11) is -4.82. The maximum atomic E-state index is 11.0. The molecule has 0 spiro atoms. The molecular weight excluding hydrogens is 319 g/mol. The Kier molecular flexibility index (Phi) is 6.15. The van der Waals surface area contributed by atoms with E-state index in [1.165, 1.54) is 13.1 Å². The molecule has 1 heterocycles. The van der Waals surface area contributed by atoms with E-state index in [-0.39, 0.29) is 22.6 Å². The van der Waals surface area contributed by atoms with E-state index in [2.05, 4.69) is 14.5 Å². The number of nitrogens with zero attached hydrogens (tertiary/aromatic N) is 2. The summed E-state index contributed by atoms with van der Waals surface area (Å²) in [5.74, 6) is -1.75. The van der Waals surface area contributed by atoms with Gasteiger partial charge < -0.3 is 25.1 Å². The maximum absolute atomic E-state index is 11.0. The molecule has 0 saturated heterocycles. The fourth-order valence-electron chi connectivity index (χ4n) is 1.43. The largest absolute Gasteiger partial charge is 0.505 e. The van der Waals surface area contributed by atoms with Crippen LogP contribution in [0.15, 0.2) is 11.2 Å².